The van der Waals surface area contributed by atoms with Crippen molar-refractivity contribution in [1.29, 1.82) is 0 Å². The summed E-state index contributed by atoms with van der Waals surface area (Å²) in [6, 6.07) is 0. The minimum absolute atomic E-state index is 0.0749. The lowest BCUT2D eigenvalue weighted by molar-refractivity contribution is 0.0577. The zero-order valence-corrected chi connectivity index (χ0v) is 13.4. The van der Waals surface area contributed by atoms with Crippen LogP contribution in [0.4, 0.5) is 0 Å². The first-order valence-corrected chi connectivity index (χ1v) is 8.71. The molecule has 0 radical (unpaired) electrons. The van der Waals surface area contributed by atoms with Crippen LogP contribution in [0.15, 0.2) is 17.6 Å². The van der Waals surface area contributed by atoms with E-state index < -0.39 is 10.0 Å². The van der Waals surface area contributed by atoms with E-state index in [0.29, 0.717) is 19.7 Å². The van der Waals surface area contributed by atoms with Crippen LogP contribution in [0.5, 0.6) is 0 Å². The second-order valence-corrected chi connectivity index (χ2v) is 7.26. The lowest BCUT2D eigenvalue weighted by Crippen LogP contribution is -2.47. The Bertz CT molecular complexity index is 544. The summed E-state index contributed by atoms with van der Waals surface area (Å²) in [6.45, 7) is 5.34. The van der Waals surface area contributed by atoms with Crippen LogP contribution < -0.4 is 10.0 Å². The number of aryl methyl sites for hydroxylation is 1. The average molecular weight is 316 g/mol. The van der Waals surface area contributed by atoms with Gasteiger partial charge in [-0.05, 0) is 32.9 Å². The average Bonchev–Trinajstić information content (AvgIpc) is 2.97. The molecule has 0 atom stereocenters. The molecule has 8 heteroatoms. The number of nitrogens with zero attached hydrogens (tertiary/aromatic N) is 2. The van der Waals surface area contributed by atoms with Gasteiger partial charge in [-0.15, -0.1) is 0 Å². The molecule has 0 aliphatic carbocycles. The Morgan fingerprint density at radius 3 is 2.76 bits per heavy atom. The van der Waals surface area contributed by atoms with Crippen molar-refractivity contribution in [2.45, 2.75) is 31.3 Å². The summed E-state index contributed by atoms with van der Waals surface area (Å²) in [7, 11) is -1.91. The molecule has 1 aliphatic rings. The summed E-state index contributed by atoms with van der Waals surface area (Å²) in [5, 5.41) is 3.36. The highest BCUT2D eigenvalue weighted by molar-refractivity contribution is 7.89. The molecule has 0 aromatic carbocycles. The Hall–Kier alpha value is -0.960. The van der Waals surface area contributed by atoms with Crippen LogP contribution in [0.3, 0.4) is 0 Å². The standard InChI is InChI=1S/C13H24N4O3S/c1-3-17-8-12(15-11-17)21(18,19)16-9-13(10-20-2)4-6-14-7-5-13/h8,11,14,16H,3-7,9-10H2,1-2H3. The van der Waals surface area contributed by atoms with Crippen LogP contribution in [0, 0.1) is 5.41 Å². The van der Waals surface area contributed by atoms with Gasteiger partial charge in [0.15, 0.2) is 5.03 Å². The first kappa shape index (κ1) is 16.4. The number of rotatable bonds is 7. The van der Waals surface area contributed by atoms with Crippen molar-refractivity contribution in [3.8, 4) is 0 Å². The number of imidazole rings is 1. The molecular weight excluding hydrogens is 292 g/mol. The van der Waals surface area contributed by atoms with Crippen molar-refractivity contribution in [1.82, 2.24) is 19.6 Å². The van der Waals surface area contributed by atoms with E-state index in [2.05, 4.69) is 15.0 Å². The molecule has 1 aliphatic heterocycles. The van der Waals surface area contributed by atoms with Crippen molar-refractivity contribution in [2.75, 3.05) is 33.4 Å². The normalized spacial score (nSPS) is 18.8. The van der Waals surface area contributed by atoms with Gasteiger partial charge in [0.1, 0.15) is 0 Å². The van der Waals surface area contributed by atoms with Gasteiger partial charge in [0, 0.05) is 31.8 Å². The minimum Gasteiger partial charge on any atom is -0.384 e. The molecule has 1 fully saturated rings. The molecule has 7 nitrogen and oxygen atoms in total. The van der Waals surface area contributed by atoms with Crippen molar-refractivity contribution in [3.63, 3.8) is 0 Å². The molecule has 21 heavy (non-hydrogen) atoms. The number of hydrogen-bond acceptors (Lipinski definition) is 5. The van der Waals surface area contributed by atoms with Gasteiger partial charge in [-0.3, -0.25) is 0 Å². The Balaban J connectivity index is 2.05. The summed E-state index contributed by atoms with van der Waals surface area (Å²) in [5.74, 6) is 0. The van der Waals surface area contributed by atoms with Crippen LogP contribution in [-0.2, 0) is 21.3 Å². The molecular formula is C13H24N4O3S. The second-order valence-electron chi connectivity index (χ2n) is 5.55. The van der Waals surface area contributed by atoms with Gasteiger partial charge in [-0.1, -0.05) is 0 Å². The zero-order valence-electron chi connectivity index (χ0n) is 12.6. The molecule has 0 spiro atoms. The first-order valence-electron chi connectivity index (χ1n) is 7.22. The fourth-order valence-electron chi connectivity index (χ4n) is 2.61. The SMILES string of the molecule is CCn1cnc(S(=O)(=O)NCC2(COC)CCNCC2)c1. The molecule has 0 saturated carbocycles. The fraction of sp³-hybridized carbons (Fsp3) is 0.769. The molecule has 2 heterocycles. The molecule has 1 saturated heterocycles. The predicted molar refractivity (Wildman–Crippen MR) is 79.5 cm³/mol. The van der Waals surface area contributed by atoms with Crippen LogP contribution >= 0.6 is 0 Å². The van der Waals surface area contributed by atoms with E-state index in [-0.39, 0.29) is 10.4 Å². The van der Waals surface area contributed by atoms with E-state index in [1.54, 1.807) is 17.9 Å². The summed E-state index contributed by atoms with van der Waals surface area (Å²) in [6.07, 6.45) is 4.87. The maximum Gasteiger partial charge on any atom is 0.259 e. The topological polar surface area (TPSA) is 85.2 Å². The predicted octanol–water partition coefficient (Wildman–Crippen LogP) is 0.198. The van der Waals surface area contributed by atoms with Gasteiger partial charge in [0.2, 0.25) is 0 Å². The molecule has 0 bridgehead atoms. The van der Waals surface area contributed by atoms with Crippen molar-refractivity contribution in [3.05, 3.63) is 12.5 Å². The zero-order chi connectivity index (χ0) is 15.3. The van der Waals surface area contributed by atoms with E-state index in [1.807, 2.05) is 6.92 Å². The number of aromatic nitrogens is 2. The first-order chi connectivity index (χ1) is 10.0. The number of methoxy groups -OCH3 is 1. The van der Waals surface area contributed by atoms with Crippen LogP contribution in [0.2, 0.25) is 0 Å². The van der Waals surface area contributed by atoms with E-state index in [1.165, 1.54) is 6.33 Å². The quantitative estimate of drug-likeness (QED) is 0.750. The van der Waals surface area contributed by atoms with Gasteiger partial charge < -0.3 is 14.6 Å². The highest BCUT2D eigenvalue weighted by atomic mass is 32.2. The summed E-state index contributed by atoms with van der Waals surface area (Å²) < 4.78 is 34.3. The molecule has 0 unspecified atom stereocenters. The highest BCUT2D eigenvalue weighted by Gasteiger charge is 2.34. The molecule has 2 N–H and O–H groups in total. The maximum absolute atomic E-state index is 12.3. The summed E-state index contributed by atoms with van der Waals surface area (Å²) in [4.78, 5) is 3.96. The number of hydrogen-bond donors (Lipinski definition) is 2. The van der Waals surface area contributed by atoms with Gasteiger partial charge in [0.05, 0.1) is 12.9 Å². The van der Waals surface area contributed by atoms with Crippen LogP contribution in [0.25, 0.3) is 0 Å². The Labute approximate surface area is 126 Å². The van der Waals surface area contributed by atoms with Gasteiger partial charge >= 0.3 is 0 Å². The van der Waals surface area contributed by atoms with Crippen molar-refractivity contribution in [2.24, 2.45) is 5.41 Å². The minimum atomic E-state index is -3.56. The smallest absolute Gasteiger partial charge is 0.259 e. The summed E-state index contributed by atoms with van der Waals surface area (Å²) in [5.41, 5.74) is -0.138. The van der Waals surface area contributed by atoms with Crippen molar-refractivity contribution < 1.29 is 13.2 Å². The third-order valence-corrected chi connectivity index (χ3v) is 5.29. The largest absolute Gasteiger partial charge is 0.384 e. The van der Waals surface area contributed by atoms with Crippen LogP contribution in [0.1, 0.15) is 19.8 Å². The number of ether oxygens (including phenoxy) is 1. The Kier molecular flexibility index (Phi) is 5.37. The van der Waals surface area contributed by atoms with Gasteiger partial charge in [0.25, 0.3) is 10.0 Å². The monoisotopic (exact) mass is 316 g/mol. The third kappa shape index (κ3) is 4.03. The Morgan fingerprint density at radius 2 is 2.19 bits per heavy atom. The third-order valence-electron chi connectivity index (χ3n) is 4.00. The second kappa shape index (κ2) is 6.87. The molecule has 0 amide bonds. The molecule has 1 aromatic heterocycles. The number of piperidine rings is 1. The van der Waals surface area contributed by atoms with Gasteiger partial charge in [-0.2, -0.15) is 0 Å². The molecule has 120 valence electrons. The summed E-state index contributed by atoms with van der Waals surface area (Å²) >= 11 is 0. The van der Waals surface area contributed by atoms with E-state index in [9.17, 15) is 8.42 Å². The lowest BCUT2D eigenvalue weighted by Gasteiger charge is -2.37. The fourth-order valence-corrected chi connectivity index (χ4v) is 3.71. The molecule has 2 rings (SSSR count). The van der Waals surface area contributed by atoms with E-state index >= 15 is 0 Å². The van der Waals surface area contributed by atoms with Crippen LogP contribution in [-0.4, -0.2) is 51.3 Å². The maximum atomic E-state index is 12.3. The van der Waals surface area contributed by atoms with E-state index in [4.69, 9.17) is 4.74 Å². The number of sulfonamides is 1. The lowest BCUT2D eigenvalue weighted by atomic mass is 9.80. The van der Waals surface area contributed by atoms with Gasteiger partial charge in [-0.25, -0.2) is 18.1 Å². The highest BCUT2D eigenvalue weighted by Crippen LogP contribution is 2.28. The van der Waals surface area contributed by atoms with Crippen molar-refractivity contribution >= 4 is 10.0 Å². The molecule has 1 aromatic rings. The Morgan fingerprint density at radius 1 is 1.48 bits per heavy atom. The van der Waals surface area contributed by atoms with E-state index in [0.717, 1.165) is 25.9 Å². The number of nitrogens with one attached hydrogen (secondary N) is 2.